The van der Waals surface area contributed by atoms with Crippen molar-refractivity contribution in [2.24, 2.45) is 0 Å². The summed E-state index contributed by atoms with van der Waals surface area (Å²) in [5.41, 5.74) is 12.8. The summed E-state index contributed by atoms with van der Waals surface area (Å²) in [4.78, 5) is 31.0. The normalized spacial score (nSPS) is 38.2. The highest BCUT2D eigenvalue weighted by atomic mass is 31.2. The van der Waals surface area contributed by atoms with Crippen LogP contribution in [0.2, 0.25) is 0 Å². The number of nitrogens with zero attached hydrogens (tertiary/aromatic N) is 7. The predicted molar refractivity (Wildman–Crippen MR) is 147 cm³/mol. The Hall–Kier alpha value is -3.13. The molecule has 2 bridgehead atoms. The van der Waals surface area contributed by atoms with Gasteiger partial charge in [0, 0.05) is 6.20 Å². The van der Waals surface area contributed by atoms with Crippen molar-refractivity contribution >= 4 is 56.7 Å². The third-order valence-corrected chi connectivity index (χ3v) is 9.63. The number of anilines is 2. The smallest absolute Gasteiger partial charge is 0.397 e. The number of pyridine rings is 1. The number of hydrogen-bond acceptors (Lipinski definition) is 15. The summed E-state index contributed by atoms with van der Waals surface area (Å²) in [5, 5.41) is 0. The molecule has 0 aromatic carbocycles. The largest absolute Gasteiger partial charge is 0.472 e. The molecule has 3 aliphatic heterocycles. The van der Waals surface area contributed by atoms with E-state index in [1.54, 1.807) is 0 Å². The van der Waals surface area contributed by atoms with Crippen molar-refractivity contribution in [2.45, 2.75) is 49.2 Å². The molecule has 0 saturated carbocycles. The van der Waals surface area contributed by atoms with E-state index in [0.29, 0.717) is 0 Å². The minimum atomic E-state index is -5.09. The molecular formula is C21H24BF2N9O9P2. The Kier molecular flexibility index (Phi) is 7.23. The van der Waals surface area contributed by atoms with E-state index in [9.17, 15) is 14.0 Å². The molecule has 0 radical (unpaired) electrons. The van der Waals surface area contributed by atoms with Crippen LogP contribution in [0.3, 0.4) is 0 Å². The van der Waals surface area contributed by atoms with Crippen molar-refractivity contribution < 1.29 is 50.4 Å². The van der Waals surface area contributed by atoms with Gasteiger partial charge >= 0.3 is 7.82 Å². The Morgan fingerprint density at radius 3 is 2.34 bits per heavy atom. The van der Waals surface area contributed by atoms with Gasteiger partial charge in [-0.15, -0.1) is 0 Å². The van der Waals surface area contributed by atoms with Crippen LogP contribution in [-0.4, -0.2) is 96.5 Å². The molecule has 3 aliphatic rings. The molecule has 10 atom stereocenters. The van der Waals surface area contributed by atoms with Crippen LogP contribution in [0.1, 0.15) is 12.5 Å². The monoisotopic (exact) mass is 657 g/mol. The maximum absolute atomic E-state index is 16.0. The molecule has 0 spiro atoms. The maximum Gasteiger partial charge on any atom is 0.472 e. The lowest BCUT2D eigenvalue weighted by atomic mass is 10.1. The van der Waals surface area contributed by atoms with Gasteiger partial charge in [-0.25, -0.2) is 38.3 Å². The fraction of sp³-hybridized carbons (Fsp3) is 0.476. The van der Waals surface area contributed by atoms with Gasteiger partial charge in [-0.2, -0.15) is 0 Å². The summed E-state index contributed by atoms with van der Waals surface area (Å²) >= 11 is 0. The zero-order valence-electron chi connectivity index (χ0n) is 22.6. The SMILES string of the molecule is BP1(=O)OC[C@H]2O[C@@H](n3cnc4c(N)ccnc43)[C@H](OP(=O)(O)OC[C@H]3O[C@@H](n4cnc5c(N)ncnc54)[C@H](F)[C@@H]3O1)[C@H]2F. The van der Waals surface area contributed by atoms with Crippen molar-refractivity contribution in [2.75, 3.05) is 24.7 Å². The van der Waals surface area contributed by atoms with Gasteiger partial charge in [-0.3, -0.25) is 22.7 Å². The number of rotatable bonds is 2. The molecule has 0 aliphatic carbocycles. The highest BCUT2D eigenvalue weighted by molar-refractivity contribution is 7.79. The summed E-state index contributed by atoms with van der Waals surface area (Å²) < 4.78 is 93.8. The minimum Gasteiger partial charge on any atom is -0.397 e. The number of halogens is 2. The first-order valence-electron chi connectivity index (χ1n) is 13.1. The van der Waals surface area contributed by atoms with Crippen molar-refractivity contribution in [3.05, 3.63) is 31.2 Å². The van der Waals surface area contributed by atoms with Gasteiger partial charge in [-0.1, -0.05) is 0 Å². The second kappa shape index (κ2) is 10.7. The predicted octanol–water partition coefficient (Wildman–Crippen LogP) is 0.565. The van der Waals surface area contributed by atoms with Gasteiger partial charge in [0.05, 0.1) is 31.6 Å². The highest BCUT2D eigenvalue weighted by Crippen LogP contribution is 2.54. The van der Waals surface area contributed by atoms with Gasteiger partial charge in [0.25, 0.3) is 15.0 Å². The minimum absolute atomic E-state index is 0.0402. The molecule has 7 rings (SSSR count). The first-order chi connectivity index (χ1) is 20.9. The molecule has 23 heteroatoms. The first-order valence-corrected chi connectivity index (χ1v) is 16.6. The fourth-order valence-electron chi connectivity index (χ4n) is 5.35. The third-order valence-electron chi connectivity index (χ3n) is 7.40. The van der Waals surface area contributed by atoms with E-state index in [1.165, 1.54) is 34.1 Å². The van der Waals surface area contributed by atoms with Crippen LogP contribution in [0, 0.1) is 0 Å². The summed E-state index contributed by atoms with van der Waals surface area (Å²) in [7, 11) is -8.18. The highest BCUT2D eigenvalue weighted by Gasteiger charge is 2.54. The van der Waals surface area contributed by atoms with E-state index in [0.717, 1.165) is 13.9 Å². The van der Waals surface area contributed by atoms with Crippen LogP contribution in [0.25, 0.3) is 22.3 Å². The Morgan fingerprint density at radius 2 is 1.55 bits per heavy atom. The van der Waals surface area contributed by atoms with Gasteiger partial charge in [0.1, 0.15) is 41.8 Å². The summed E-state index contributed by atoms with van der Waals surface area (Å²) in [6, 6.07) is 1.51. The Morgan fingerprint density at radius 1 is 0.864 bits per heavy atom. The zero-order valence-corrected chi connectivity index (χ0v) is 24.4. The van der Waals surface area contributed by atoms with Crippen LogP contribution in [0.5, 0.6) is 0 Å². The summed E-state index contributed by atoms with van der Waals surface area (Å²) in [5.74, 6) is 0.0402. The quantitative estimate of drug-likeness (QED) is 0.197. The lowest BCUT2D eigenvalue weighted by Gasteiger charge is -2.26. The molecule has 3 saturated heterocycles. The van der Waals surface area contributed by atoms with Crippen LogP contribution in [0.4, 0.5) is 20.3 Å². The molecular weight excluding hydrogens is 633 g/mol. The van der Waals surface area contributed by atoms with E-state index in [2.05, 4.69) is 24.9 Å². The van der Waals surface area contributed by atoms with Crippen LogP contribution < -0.4 is 11.5 Å². The lowest BCUT2D eigenvalue weighted by Crippen LogP contribution is -2.34. The number of ether oxygens (including phenoxy) is 2. The van der Waals surface area contributed by atoms with Crippen molar-refractivity contribution in [1.29, 1.82) is 0 Å². The van der Waals surface area contributed by atoms with Crippen LogP contribution in [-0.2, 0) is 36.7 Å². The number of aromatic nitrogens is 7. The lowest BCUT2D eigenvalue weighted by molar-refractivity contribution is -0.0630. The van der Waals surface area contributed by atoms with Gasteiger partial charge in [0.2, 0.25) is 0 Å². The fourth-order valence-corrected chi connectivity index (χ4v) is 7.45. The standard InChI is InChI=1S/C21H24BF2N9O9P2/c22-43(34)37-3-9-11(23)16(21(39-9)33-6-30-13-8(25)1-2-27-18(13)33)42-44(35,36)38-4-10-15(41-43)12(24)20(40-10)32-7-31-14-17(26)28-5-29-19(14)32/h1-2,5-7,9-12,15-16,20-21H,3-4,22H2,(H2,25,27)(H,35,36)(H2,26,28,29)/t9-,10-,11+,12-,15-,16-,20-,21-,43?/m1/s1. The number of fused-ring (bicyclic) bond motifs is 5. The number of phosphoric ester groups is 1. The maximum atomic E-state index is 16.0. The second-order valence-electron chi connectivity index (χ2n) is 10.3. The molecule has 3 fully saturated rings. The number of nitrogens with two attached hydrogens (primary N) is 2. The summed E-state index contributed by atoms with van der Waals surface area (Å²) in [6.45, 7) is -1.46. The average Bonchev–Trinajstić information content (AvgIpc) is 3.73. The summed E-state index contributed by atoms with van der Waals surface area (Å²) in [6.07, 6.45) is -8.31. The topological polar surface area (TPSA) is 236 Å². The number of hydrogen-bond donors (Lipinski definition) is 3. The van der Waals surface area contributed by atoms with E-state index in [-0.39, 0.29) is 33.8 Å². The Labute approximate surface area is 246 Å². The molecule has 234 valence electrons. The molecule has 44 heavy (non-hydrogen) atoms. The number of alkyl halides is 2. The van der Waals surface area contributed by atoms with Gasteiger partial charge < -0.3 is 34.9 Å². The van der Waals surface area contributed by atoms with Crippen molar-refractivity contribution in [1.82, 2.24) is 34.1 Å². The molecule has 0 amide bonds. The van der Waals surface area contributed by atoms with Crippen molar-refractivity contribution in [3.8, 4) is 0 Å². The first kappa shape index (κ1) is 29.6. The van der Waals surface area contributed by atoms with Gasteiger partial charge in [0.15, 0.2) is 41.9 Å². The Bertz CT molecular complexity index is 1840. The number of nitrogen functional groups attached to an aromatic ring is 2. The molecule has 18 nitrogen and oxygen atoms in total. The van der Waals surface area contributed by atoms with E-state index >= 15 is 8.78 Å². The van der Waals surface area contributed by atoms with Crippen LogP contribution >= 0.6 is 15.3 Å². The third kappa shape index (κ3) is 5.07. The van der Waals surface area contributed by atoms with E-state index in [4.69, 9.17) is 39.0 Å². The Balaban J connectivity index is 1.20. The van der Waals surface area contributed by atoms with Crippen LogP contribution in [0.15, 0.2) is 31.2 Å². The molecule has 5 N–H and O–H groups in total. The molecule has 4 aromatic rings. The average molecular weight is 657 g/mol. The molecule has 2 unspecified atom stereocenters. The molecule has 7 heterocycles. The second-order valence-corrected chi connectivity index (χ2v) is 13.7. The number of phosphoric acid groups is 1. The zero-order chi connectivity index (χ0) is 31.0. The van der Waals surface area contributed by atoms with E-state index < -0.39 is 77.7 Å². The number of imidazole rings is 2. The van der Waals surface area contributed by atoms with E-state index in [1.807, 2.05) is 0 Å². The van der Waals surface area contributed by atoms with Gasteiger partial charge in [-0.05, 0) is 6.07 Å². The van der Waals surface area contributed by atoms with Crippen molar-refractivity contribution in [3.63, 3.8) is 0 Å². The molecule has 4 aromatic heterocycles.